The highest BCUT2D eigenvalue weighted by atomic mass is 16.3. The van der Waals surface area contributed by atoms with Crippen LogP contribution in [-0.2, 0) is 0 Å². The quantitative estimate of drug-likeness (QED) is 0.226. The van der Waals surface area contributed by atoms with Crippen molar-refractivity contribution >= 4 is 65.6 Å². The minimum atomic E-state index is 0.888. The molecule has 0 unspecified atom stereocenters. The molecule has 0 saturated carbocycles. The number of benzene rings is 6. The Bertz CT molecular complexity index is 2400. The Labute approximate surface area is 230 Å². The van der Waals surface area contributed by atoms with Crippen LogP contribution in [-0.4, -0.2) is 9.13 Å². The lowest BCUT2D eigenvalue weighted by atomic mass is 10.1. The summed E-state index contributed by atoms with van der Waals surface area (Å²) in [6.45, 7) is 2.15. The molecule has 40 heavy (non-hydrogen) atoms. The summed E-state index contributed by atoms with van der Waals surface area (Å²) in [7, 11) is 0. The second-order valence-electron chi connectivity index (χ2n) is 10.6. The van der Waals surface area contributed by atoms with E-state index in [0.717, 1.165) is 33.3 Å². The summed E-state index contributed by atoms with van der Waals surface area (Å²) in [6, 6.07) is 45.6. The first-order valence-electron chi connectivity index (χ1n) is 13.7. The predicted octanol–water partition coefficient (Wildman–Crippen LogP) is 10.1. The Hall–Kier alpha value is -5.28. The SMILES string of the molecule is Cc1ccc2c3ccccc3n(-c3cccc4c3oc3cccc(-n5c6ccccc6c6ccccc65)c34)c2c1. The standard InChI is InChI=1S/C37H24N2O/c1-23-20-21-27-26-12-4-7-16-31(26)39(34(27)22-23)33-18-8-13-28-36-32(17-9-19-35(36)40-37(28)33)38-29-14-5-2-10-24(29)25-11-3-6-15-30(25)38/h2-22H,1H3. The van der Waals surface area contributed by atoms with Gasteiger partial charge < -0.3 is 13.6 Å². The van der Waals surface area contributed by atoms with E-state index >= 15 is 0 Å². The summed E-state index contributed by atoms with van der Waals surface area (Å²) < 4.78 is 11.5. The average Bonchev–Trinajstić information content (AvgIpc) is 3.65. The molecule has 0 bridgehead atoms. The maximum absolute atomic E-state index is 6.76. The first kappa shape index (κ1) is 21.6. The molecule has 0 amide bonds. The van der Waals surface area contributed by atoms with Gasteiger partial charge in [-0.05, 0) is 55.0 Å². The molecular weight excluding hydrogens is 488 g/mol. The van der Waals surface area contributed by atoms with E-state index in [1.54, 1.807) is 0 Å². The number of fused-ring (bicyclic) bond motifs is 9. The van der Waals surface area contributed by atoms with Gasteiger partial charge in [0.1, 0.15) is 5.58 Å². The fourth-order valence-corrected chi connectivity index (χ4v) is 6.70. The molecule has 9 rings (SSSR count). The Morgan fingerprint density at radius 2 is 0.975 bits per heavy atom. The zero-order chi connectivity index (χ0) is 26.4. The Kier molecular flexibility index (Phi) is 4.26. The first-order valence-corrected chi connectivity index (χ1v) is 13.7. The van der Waals surface area contributed by atoms with Crippen LogP contribution in [0.5, 0.6) is 0 Å². The molecule has 0 spiro atoms. The van der Waals surface area contributed by atoms with Crippen molar-refractivity contribution in [2.24, 2.45) is 0 Å². The lowest BCUT2D eigenvalue weighted by molar-refractivity contribution is 0.666. The van der Waals surface area contributed by atoms with Crippen molar-refractivity contribution in [3.8, 4) is 11.4 Å². The molecule has 3 aromatic heterocycles. The van der Waals surface area contributed by atoms with Crippen molar-refractivity contribution in [1.82, 2.24) is 9.13 Å². The summed E-state index contributed by atoms with van der Waals surface area (Å²) >= 11 is 0. The van der Waals surface area contributed by atoms with E-state index in [1.807, 2.05) is 0 Å². The highest BCUT2D eigenvalue weighted by Crippen LogP contribution is 2.41. The van der Waals surface area contributed by atoms with Gasteiger partial charge in [0.15, 0.2) is 5.58 Å². The van der Waals surface area contributed by atoms with Gasteiger partial charge in [-0.15, -0.1) is 0 Å². The van der Waals surface area contributed by atoms with Crippen LogP contribution in [0.3, 0.4) is 0 Å². The molecule has 3 heteroatoms. The van der Waals surface area contributed by atoms with Crippen LogP contribution in [0.15, 0.2) is 132 Å². The molecular formula is C37H24N2O. The third-order valence-corrected chi connectivity index (χ3v) is 8.37. The Morgan fingerprint density at radius 3 is 1.65 bits per heavy atom. The number of hydrogen-bond acceptors (Lipinski definition) is 1. The van der Waals surface area contributed by atoms with Crippen LogP contribution < -0.4 is 0 Å². The largest absolute Gasteiger partial charge is 0.454 e. The fourth-order valence-electron chi connectivity index (χ4n) is 6.70. The van der Waals surface area contributed by atoms with Gasteiger partial charge in [-0.1, -0.05) is 84.9 Å². The molecule has 0 atom stereocenters. The monoisotopic (exact) mass is 512 g/mol. The molecule has 188 valence electrons. The lowest BCUT2D eigenvalue weighted by Gasteiger charge is -2.10. The maximum atomic E-state index is 6.76. The molecule has 0 radical (unpaired) electrons. The van der Waals surface area contributed by atoms with E-state index < -0.39 is 0 Å². The number of aromatic nitrogens is 2. The summed E-state index contributed by atoms with van der Waals surface area (Å²) in [5, 5.41) is 7.25. The Balaban J connectivity index is 1.42. The van der Waals surface area contributed by atoms with Gasteiger partial charge in [-0.2, -0.15) is 0 Å². The van der Waals surface area contributed by atoms with Crippen LogP contribution in [0.1, 0.15) is 5.56 Å². The number of rotatable bonds is 2. The van der Waals surface area contributed by atoms with Crippen molar-refractivity contribution in [3.63, 3.8) is 0 Å². The summed E-state index contributed by atoms with van der Waals surface area (Å²) in [4.78, 5) is 0. The van der Waals surface area contributed by atoms with Crippen LogP contribution in [0.25, 0.3) is 76.9 Å². The van der Waals surface area contributed by atoms with E-state index in [9.17, 15) is 0 Å². The highest BCUT2D eigenvalue weighted by molar-refractivity contribution is 6.16. The van der Waals surface area contributed by atoms with Crippen molar-refractivity contribution < 1.29 is 4.42 Å². The van der Waals surface area contributed by atoms with Crippen LogP contribution in [0, 0.1) is 6.92 Å². The molecule has 3 heterocycles. The molecule has 0 saturated heterocycles. The number of furan rings is 1. The van der Waals surface area contributed by atoms with Crippen LogP contribution in [0.4, 0.5) is 0 Å². The van der Waals surface area contributed by atoms with Crippen molar-refractivity contribution in [2.45, 2.75) is 6.92 Å². The Morgan fingerprint density at radius 1 is 0.450 bits per heavy atom. The molecule has 3 nitrogen and oxygen atoms in total. The lowest BCUT2D eigenvalue weighted by Crippen LogP contribution is -1.95. The fraction of sp³-hybridized carbons (Fsp3) is 0.0270. The van der Waals surface area contributed by atoms with E-state index in [2.05, 4.69) is 143 Å². The second kappa shape index (κ2) is 7.87. The van der Waals surface area contributed by atoms with Gasteiger partial charge in [0, 0.05) is 26.9 Å². The third-order valence-electron chi connectivity index (χ3n) is 8.37. The number of nitrogens with zero attached hydrogens (tertiary/aromatic N) is 2. The van der Waals surface area contributed by atoms with Gasteiger partial charge in [0.25, 0.3) is 0 Å². The molecule has 0 aliphatic heterocycles. The van der Waals surface area contributed by atoms with Crippen LogP contribution in [0.2, 0.25) is 0 Å². The smallest absolute Gasteiger partial charge is 0.159 e. The number of aryl methyl sites for hydroxylation is 1. The molecule has 0 aliphatic carbocycles. The number of para-hydroxylation sites is 4. The second-order valence-corrected chi connectivity index (χ2v) is 10.6. The summed E-state index contributed by atoms with van der Waals surface area (Å²) in [5.41, 5.74) is 9.97. The van der Waals surface area contributed by atoms with Crippen LogP contribution >= 0.6 is 0 Å². The van der Waals surface area contributed by atoms with Crippen molar-refractivity contribution in [2.75, 3.05) is 0 Å². The zero-order valence-electron chi connectivity index (χ0n) is 21.9. The molecule has 9 aromatic rings. The minimum Gasteiger partial charge on any atom is -0.454 e. The van der Waals surface area contributed by atoms with E-state index in [0.29, 0.717) is 0 Å². The van der Waals surface area contributed by atoms with E-state index in [4.69, 9.17) is 4.42 Å². The topological polar surface area (TPSA) is 23.0 Å². The van der Waals surface area contributed by atoms with E-state index in [1.165, 1.54) is 49.2 Å². The van der Waals surface area contributed by atoms with Gasteiger partial charge >= 0.3 is 0 Å². The molecule has 0 fully saturated rings. The average molecular weight is 513 g/mol. The third kappa shape index (κ3) is 2.79. The zero-order valence-corrected chi connectivity index (χ0v) is 21.9. The first-order chi connectivity index (χ1) is 19.8. The van der Waals surface area contributed by atoms with Gasteiger partial charge in [0.2, 0.25) is 0 Å². The summed E-state index contributed by atoms with van der Waals surface area (Å²) in [6.07, 6.45) is 0. The van der Waals surface area contributed by atoms with E-state index in [-0.39, 0.29) is 0 Å². The van der Waals surface area contributed by atoms with Gasteiger partial charge in [-0.3, -0.25) is 0 Å². The maximum Gasteiger partial charge on any atom is 0.159 e. The van der Waals surface area contributed by atoms with Crippen molar-refractivity contribution in [1.29, 1.82) is 0 Å². The molecule has 6 aromatic carbocycles. The summed E-state index contributed by atoms with van der Waals surface area (Å²) in [5.74, 6) is 0. The normalized spacial score (nSPS) is 12.1. The number of hydrogen-bond donors (Lipinski definition) is 0. The predicted molar refractivity (Wildman–Crippen MR) is 167 cm³/mol. The van der Waals surface area contributed by atoms with Crippen molar-refractivity contribution in [3.05, 3.63) is 133 Å². The minimum absolute atomic E-state index is 0.888. The van der Waals surface area contributed by atoms with Gasteiger partial charge in [-0.25, -0.2) is 0 Å². The van der Waals surface area contributed by atoms with Gasteiger partial charge in [0.05, 0.1) is 38.8 Å². The molecule has 0 aliphatic rings. The molecule has 0 N–H and O–H groups in total. The highest BCUT2D eigenvalue weighted by Gasteiger charge is 2.21.